The molecular weight excluding hydrogens is 286 g/mol. The lowest BCUT2D eigenvalue weighted by molar-refractivity contribution is 0.266. The molecule has 7 heteroatoms. The van der Waals surface area contributed by atoms with Crippen molar-refractivity contribution in [2.45, 2.75) is 37.1 Å². The van der Waals surface area contributed by atoms with Gasteiger partial charge in [-0.3, -0.25) is 4.79 Å². The summed E-state index contributed by atoms with van der Waals surface area (Å²) in [6.45, 7) is 0.0326. The maximum Gasteiger partial charge on any atom is 0.287 e. The van der Waals surface area contributed by atoms with Crippen molar-refractivity contribution < 1.29 is 5.11 Å². The Morgan fingerprint density at radius 2 is 2.42 bits per heavy atom. The van der Waals surface area contributed by atoms with Crippen LogP contribution in [0.4, 0.5) is 5.69 Å². The number of nitrogens with zero attached hydrogens (tertiary/aromatic N) is 2. The van der Waals surface area contributed by atoms with Crippen LogP contribution in [0.1, 0.15) is 19.3 Å². The van der Waals surface area contributed by atoms with Crippen LogP contribution in [0, 0.1) is 0 Å². The highest BCUT2D eigenvalue weighted by Gasteiger charge is 2.24. The first-order valence-electron chi connectivity index (χ1n) is 6.31. The monoisotopic (exact) mass is 303 g/mol. The molecule has 0 aliphatic heterocycles. The fourth-order valence-electron chi connectivity index (χ4n) is 2.32. The minimum absolute atomic E-state index is 0.131. The van der Waals surface area contributed by atoms with Crippen molar-refractivity contribution in [2.24, 2.45) is 0 Å². The third-order valence-corrected chi connectivity index (χ3v) is 4.83. The first-order valence-corrected chi connectivity index (χ1v) is 7.98. The molecule has 1 saturated carbocycles. The van der Waals surface area contributed by atoms with Crippen LogP contribution in [-0.2, 0) is 6.54 Å². The molecule has 2 rings (SSSR count). The normalized spacial score (nSPS) is 22.7. The van der Waals surface area contributed by atoms with Crippen molar-refractivity contribution in [2.75, 3.05) is 18.2 Å². The van der Waals surface area contributed by atoms with E-state index >= 15 is 0 Å². The van der Waals surface area contributed by atoms with Gasteiger partial charge >= 0.3 is 0 Å². The van der Waals surface area contributed by atoms with Gasteiger partial charge in [0.2, 0.25) is 0 Å². The molecule has 0 saturated heterocycles. The smallest absolute Gasteiger partial charge is 0.287 e. The zero-order valence-electron chi connectivity index (χ0n) is 10.8. The Morgan fingerprint density at radius 1 is 1.63 bits per heavy atom. The van der Waals surface area contributed by atoms with Gasteiger partial charge in [0.25, 0.3) is 5.56 Å². The summed E-state index contributed by atoms with van der Waals surface area (Å²) < 4.78 is 1.17. The maximum atomic E-state index is 11.9. The number of aromatic nitrogens is 2. The lowest BCUT2D eigenvalue weighted by Gasteiger charge is -2.15. The maximum absolute atomic E-state index is 11.9. The summed E-state index contributed by atoms with van der Waals surface area (Å²) in [5.41, 5.74) is 0.229. The van der Waals surface area contributed by atoms with Gasteiger partial charge in [-0.05, 0) is 25.5 Å². The van der Waals surface area contributed by atoms with E-state index < -0.39 is 0 Å². The average molecular weight is 304 g/mol. The molecule has 19 heavy (non-hydrogen) atoms. The lowest BCUT2D eigenvalue weighted by Crippen LogP contribution is -2.27. The molecule has 0 spiro atoms. The van der Waals surface area contributed by atoms with Gasteiger partial charge in [-0.1, -0.05) is 11.6 Å². The van der Waals surface area contributed by atoms with Crippen molar-refractivity contribution in [3.05, 3.63) is 21.6 Å². The summed E-state index contributed by atoms with van der Waals surface area (Å²) in [7, 11) is 0. The SMILES string of the molecule is CSC1CCC(Nc2cnn(CCO)c(=O)c2Cl)C1. The number of nitrogens with one attached hydrogen (secondary N) is 1. The summed E-state index contributed by atoms with van der Waals surface area (Å²) in [4.78, 5) is 11.9. The van der Waals surface area contributed by atoms with E-state index in [2.05, 4.69) is 16.7 Å². The van der Waals surface area contributed by atoms with Crippen molar-refractivity contribution in [1.82, 2.24) is 9.78 Å². The van der Waals surface area contributed by atoms with E-state index in [1.54, 1.807) is 6.20 Å². The topological polar surface area (TPSA) is 67.2 Å². The highest BCUT2D eigenvalue weighted by atomic mass is 35.5. The minimum atomic E-state index is -0.361. The summed E-state index contributed by atoms with van der Waals surface area (Å²) in [5, 5.41) is 17.0. The van der Waals surface area contributed by atoms with Gasteiger partial charge in [0.05, 0.1) is 25.0 Å². The Bertz CT molecular complexity index is 494. The molecule has 2 unspecified atom stereocenters. The molecule has 2 atom stereocenters. The number of rotatable bonds is 5. The van der Waals surface area contributed by atoms with Crippen LogP contribution in [0.15, 0.2) is 11.0 Å². The third-order valence-electron chi connectivity index (χ3n) is 3.37. The molecule has 5 nitrogen and oxygen atoms in total. The van der Waals surface area contributed by atoms with Gasteiger partial charge in [0.15, 0.2) is 0 Å². The van der Waals surface area contributed by atoms with E-state index in [1.807, 2.05) is 11.8 Å². The van der Waals surface area contributed by atoms with E-state index in [0.29, 0.717) is 17.0 Å². The summed E-state index contributed by atoms with van der Waals surface area (Å²) in [5.74, 6) is 0. The standard InChI is InChI=1S/C12H18ClN3O2S/c1-19-9-3-2-8(6-9)15-10-7-14-16(4-5-17)12(18)11(10)13/h7-9,15,17H,2-6H2,1H3. The fourth-order valence-corrected chi connectivity index (χ4v) is 3.32. The number of halogens is 1. The number of aliphatic hydroxyl groups is 1. The van der Waals surface area contributed by atoms with E-state index in [0.717, 1.165) is 12.8 Å². The van der Waals surface area contributed by atoms with E-state index in [9.17, 15) is 4.79 Å². The van der Waals surface area contributed by atoms with Crippen LogP contribution in [0.2, 0.25) is 5.02 Å². The van der Waals surface area contributed by atoms with Gasteiger partial charge in [-0.25, -0.2) is 4.68 Å². The Kier molecular flexibility index (Phi) is 5.13. The third kappa shape index (κ3) is 3.43. The van der Waals surface area contributed by atoms with Gasteiger partial charge in [-0.2, -0.15) is 16.9 Å². The number of thioether (sulfide) groups is 1. The predicted octanol–water partition coefficient (Wildman–Crippen LogP) is 1.58. The van der Waals surface area contributed by atoms with E-state index in [1.165, 1.54) is 11.1 Å². The van der Waals surface area contributed by atoms with Gasteiger partial charge in [0, 0.05) is 11.3 Å². The molecule has 1 heterocycles. The molecule has 1 aromatic heterocycles. The first kappa shape index (κ1) is 14.7. The van der Waals surface area contributed by atoms with Crippen LogP contribution in [0.5, 0.6) is 0 Å². The first-order chi connectivity index (χ1) is 9.15. The van der Waals surface area contributed by atoms with Crippen LogP contribution in [-0.4, -0.2) is 39.0 Å². The summed E-state index contributed by atoms with van der Waals surface area (Å²) >= 11 is 7.94. The zero-order valence-corrected chi connectivity index (χ0v) is 12.4. The second kappa shape index (κ2) is 6.63. The average Bonchev–Trinajstić information content (AvgIpc) is 2.86. The molecule has 2 N–H and O–H groups in total. The quantitative estimate of drug-likeness (QED) is 0.864. The van der Waals surface area contributed by atoms with Gasteiger partial charge in [-0.15, -0.1) is 0 Å². The minimum Gasteiger partial charge on any atom is -0.394 e. The Hall–Kier alpha value is -0.720. The number of aliphatic hydroxyl groups excluding tert-OH is 1. The van der Waals surface area contributed by atoms with Crippen molar-refractivity contribution >= 4 is 29.1 Å². The molecule has 1 aliphatic rings. The van der Waals surface area contributed by atoms with Gasteiger partial charge in [0.1, 0.15) is 5.02 Å². The van der Waals surface area contributed by atoms with Crippen LogP contribution in [0.25, 0.3) is 0 Å². The molecule has 0 amide bonds. The Labute approximate surface area is 121 Å². The highest BCUT2D eigenvalue weighted by molar-refractivity contribution is 7.99. The van der Waals surface area contributed by atoms with Crippen LogP contribution in [0.3, 0.4) is 0 Å². The molecule has 1 aliphatic carbocycles. The van der Waals surface area contributed by atoms with Crippen LogP contribution >= 0.6 is 23.4 Å². The van der Waals surface area contributed by atoms with Crippen molar-refractivity contribution in [3.8, 4) is 0 Å². The zero-order chi connectivity index (χ0) is 13.8. The van der Waals surface area contributed by atoms with Crippen molar-refractivity contribution in [3.63, 3.8) is 0 Å². The summed E-state index contributed by atoms with van der Waals surface area (Å²) in [6, 6.07) is 0.352. The van der Waals surface area contributed by atoms with Crippen LogP contribution < -0.4 is 10.9 Å². The number of hydrogen-bond donors (Lipinski definition) is 2. The molecule has 1 aromatic rings. The molecule has 0 radical (unpaired) electrons. The summed E-state index contributed by atoms with van der Waals surface area (Å²) in [6.07, 6.45) is 7.04. The lowest BCUT2D eigenvalue weighted by atomic mass is 10.2. The molecular formula is C12H18ClN3O2S. The van der Waals surface area contributed by atoms with Crippen molar-refractivity contribution in [1.29, 1.82) is 0 Å². The predicted molar refractivity (Wildman–Crippen MR) is 79.2 cm³/mol. The van der Waals surface area contributed by atoms with E-state index in [-0.39, 0.29) is 23.7 Å². The molecule has 106 valence electrons. The largest absolute Gasteiger partial charge is 0.394 e. The number of anilines is 1. The molecule has 1 fully saturated rings. The second-order valence-electron chi connectivity index (χ2n) is 4.64. The van der Waals surface area contributed by atoms with E-state index in [4.69, 9.17) is 16.7 Å². The molecule has 0 bridgehead atoms. The second-order valence-corrected chi connectivity index (χ2v) is 6.15. The fraction of sp³-hybridized carbons (Fsp3) is 0.667. The Balaban J connectivity index is 2.09. The molecule has 0 aromatic carbocycles. The van der Waals surface area contributed by atoms with Gasteiger partial charge < -0.3 is 10.4 Å². The highest BCUT2D eigenvalue weighted by Crippen LogP contribution is 2.31. The Morgan fingerprint density at radius 3 is 3.05 bits per heavy atom. The number of hydrogen-bond acceptors (Lipinski definition) is 5.